The second-order valence-electron chi connectivity index (χ2n) is 4.70. The van der Waals surface area contributed by atoms with Gasteiger partial charge in [0.2, 0.25) is 5.16 Å². The number of nitrogens with one attached hydrogen (secondary N) is 1. The monoisotopic (exact) mass is 333 g/mol. The summed E-state index contributed by atoms with van der Waals surface area (Å²) in [4.78, 5) is 15.9. The van der Waals surface area contributed by atoms with E-state index in [4.69, 9.17) is 4.74 Å². The number of thioether (sulfide) groups is 1. The van der Waals surface area contributed by atoms with E-state index in [2.05, 4.69) is 15.2 Å². The van der Waals surface area contributed by atoms with E-state index < -0.39 is 5.97 Å². The maximum absolute atomic E-state index is 11.5. The summed E-state index contributed by atoms with van der Waals surface area (Å²) in [5.41, 5.74) is 0.712. The Labute approximate surface area is 139 Å². The van der Waals surface area contributed by atoms with Gasteiger partial charge in [-0.25, -0.2) is 9.78 Å². The Bertz CT molecular complexity index is 697. The average Bonchev–Trinajstić information content (AvgIpc) is 2.96. The van der Waals surface area contributed by atoms with Crippen molar-refractivity contribution < 1.29 is 14.6 Å². The number of aryl methyl sites for hydroxylation is 1. The number of H-pyrrole nitrogens is 1. The van der Waals surface area contributed by atoms with Gasteiger partial charge in [-0.1, -0.05) is 25.1 Å². The molecular formula is C16H19N3O3S. The lowest BCUT2D eigenvalue weighted by molar-refractivity contribution is -0.131. The Kier molecular flexibility index (Phi) is 6.22. The standard InChI is InChI=1S/C16H19N3O3S/c1-3-7-14-17-16(19-18-14)23-13(15(20)21)10-11-8-5-6-9-12(11)22-4-2/h5-6,8-10H,3-4,7H2,1-2H3,(H,20,21)(H,17,18,19)/b13-10-. The molecule has 2 N–H and O–H groups in total. The van der Waals surface area contributed by atoms with Crippen molar-refractivity contribution >= 4 is 23.8 Å². The first kappa shape index (κ1) is 17.1. The molecule has 0 atom stereocenters. The number of hydrogen-bond acceptors (Lipinski definition) is 5. The van der Waals surface area contributed by atoms with Crippen molar-refractivity contribution in [2.45, 2.75) is 31.8 Å². The summed E-state index contributed by atoms with van der Waals surface area (Å²) in [7, 11) is 0. The van der Waals surface area contributed by atoms with Gasteiger partial charge in [0.15, 0.2) is 0 Å². The first-order chi connectivity index (χ1) is 11.1. The zero-order chi connectivity index (χ0) is 16.7. The highest BCUT2D eigenvalue weighted by molar-refractivity contribution is 8.04. The average molecular weight is 333 g/mol. The molecule has 7 heteroatoms. The Morgan fingerprint density at radius 2 is 2.17 bits per heavy atom. The summed E-state index contributed by atoms with van der Waals surface area (Å²) >= 11 is 1.02. The second-order valence-corrected chi connectivity index (χ2v) is 5.71. The molecule has 0 aliphatic carbocycles. The zero-order valence-corrected chi connectivity index (χ0v) is 13.9. The van der Waals surface area contributed by atoms with E-state index in [1.807, 2.05) is 38.1 Å². The number of nitrogens with zero attached hydrogens (tertiary/aromatic N) is 2. The maximum atomic E-state index is 11.5. The molecular weight excluding hydrogens is 314 g/mol. The van der Waals surface area contributed by atoms with Gasteiger partial charge in [0.25, 0.3) is 0 Å². The van der Waals surface area contributed by atoms with Gasteiger partial charge in [-0.05, 0) is 37.2 Å². The number of rotatable bonds is 8. The molecule has 0 aliphatic rings. The van der Waals surface area contributed by atoms with Crippen molar-refractivity contribution in [3.8, 4) is 5.75 Å². The third-order valence-corrected chi connectivity index (χ3v) is 3.79. The number of carboxylic acids is 1. The first-order valence-electron chi connectivity index (χ1n) is 7.40. The number of para-hydroxylation sites is 1. The van der Waals surface area contributed by atoms with E-state index in [-0.39, 0.29) is 4.91 Å². The summed E-state index contributed by atoms with van der Waals surface area (Å²) in [6, 6.07) is 7.31. The molecule has 2 aromatic rings. The summed E-state index contributed by atoms with van der Waals surface area (Å²) in [6.07, 6.45) is 3.31. The van der Waals surface area contributed by atoms with Crippen molar-refractivity contribution in [2.75, 3.05) is 6.61 Å². The number of hydrogen-bond donors (Lipinski definition) is 2. The lowest BCUT2D eigenvalue weighted by atomic mass is 10.2. The Morgan fingerprint density at radius 1 is 1.39 bits per heavy atom. The molecule has 2 rings (SSSR count). The predicted molar refractivity (Wildman–Crippen MR) is 89.5 cm³/mol. The normalized spacial score (nSPS) is 11.5. The van der Waals surface area contributed by atoms with Crippen LogP contribution in [0.2, 0.25) is 0 Å². The molecule has 0 saturated heterocycles. The fourth-order valence-corrected chi connectivity index (χ4v) is 2.65. The molecule has 1 aromatic carbocycles. The van der Waals surface area contributed by atoms with Crippen LogP contribution in [0.1, 0.15) is 31.7 Å². The molecule has 122 valence electrons. The topological polar surface area (TPSA) is 88.1 Å². The SMILES string of the molecule is CCCc1nc(S/C(=C\c2ccccc2OCC)C(=O)O)n[nH]1. The van der Waals surface area contributed by atoms with Gasteiger partial charge in [0, 0.05) is 12.0 Å². The van der Waals surface area contributed by atoms with Crippen LogP contribution in [0.15, 0.2) is 34.3 Å². The van der Waals surface area contributed by atoms with Crippen LogP contribution in [0.5, 0.6) is 5.75 Å². The molecule has 1 heterocycles. The van der Waals surface area contributed by atoms with E-state index >= 15 is 0 Å². The van der Waals surface area contributed by atoms with Gasteiger partial charge in [-0.2, -0.15) is 0 Å². The van der Waals surface area contributed by atoms with Gasteiger partial charge in [-0.15, -0.1) is 5.10 Å². The van der Waals surface area contributed by atoms with E-state index in [9.17, 15) is 9.90 Å². The van der Waals surface area contributed by atoms with Crippen molar-refractivity contribution in [3.05, 3.63) is 40.6 Å². The van der Waals surface area contributed by atoms with Crippen molar-refractivity contribution in [2.24, 2.45) is 0 Å². The fraction of sp³-hybridized carbons (Fsp3) is 0.312. The number of ether oxygens (including phenoxy) is 1. The van der Waals surface area contributed by atoms with Crippen molar-refractivity contribution in [1.29, 1.82) is 0 Å². The molecule has 0 unspecified atom stereocenters. The number of carbonyl (C=O) groups is 1. The quantitative estimate of drug-likeness (QED) is 0.569. The predicted octanol–water partition coefficient (Wildman–Crippen LogP) is 3.37. The van der Waals surface area contributed by atoms with Crippen LogP contribution in [0.25, 0.3) is 6.08 Å². The number of aromatic amines is 1. The lowest BCUT2D eigenvalue weighted by Crippen LogP contribution is -1.99. The van der Waals surface area contributed by atoms with Crippen LogP contribution >= 0.6 is 11.8 Å². The summed E-state index contributed by atoms with van der Waals surface area (Å²) < 4.78 is 5.52. The number of aliphatic carboxylic acids is 1. The molecule has 0 radical (unpaired) electrons. The van der Waals surface area contributed by atoms with Crippen LogP contribution in [0, 0.1) is 0 Å². The first-order valence-corrected chi connectivity index (χ1v) is 8.21. The Hall–Kier alpha value is -2.28. The minimum atomic E-state index is -1.02. The van der Waals surface area contributed by atoms with E-state index in [0.29, 0.717) is 23.1 Å². The second kappa shape index (κ2) is 8.38. The highest BCUT2D eigenvalue weighted by Gasteiger charge is 2.14. The summed E-state index contributed by atoms with van der Waals surface area (Å²) in [5, 5.41) is 16.7. The van der Waals surface area contributed by atoms with Crippen LogP contribution < -0.4 is 4.74 Å². The molecule has 0 amide bonds. The minimum absolute atomic E-state index is 0.138. The summed E-state index contributed by atoms with van der Waals surface area (Å²) in [5.74, 6) is 0.383. The number of carboxylic acid groups (broad SMARTS) is 1. The third kappa shape index (κ3) is 4.85. The van der Waals surface area contributed by atoms with Gasteiger partial charge >= 0.3 is 5.97 Å². The molecule has 0 spiro atoms. The molecule has 0 aliphatic heterocycles. The van der Waals surface area contributed by atoms with Crippen LogP contribution in [-0.2, 0) is 11.2 Å². The van der Waals surface area contributed by atoms with E-state index in [1.165, 1.54) is 0 Å². The van der Waals surface area contributed by atoms with Crippen LogP contribution in [0.4, 0.5) is 0 Å². The van der Waals surface area contributed by atoms with E-state index in [0.717, 1.165) is 30.4 Å². The molecule has 23 heavy (non-hydrogen) atoms. The van der Waals surface area contributed by atoms with Gasteiger partial charge < -0.3 is 9.84 Å². The highest BCUT2D eigenvalue weighted by Crippen LogP contribution is 2.29. The smallest absolute Gasteiger partial charge is 0.342 e. The lowest BCUT2D eigenvalue weighted by Gasteiger charge is -2.07. The Morgan fingerprint density at radius 3 is 2.87 bits per heavy atom. The number of benzene rings is 1. The van der Waals surface area contributed by atoms with Crippen LogP contribution in [0.3, 0.4) is 0 Å². The summed E-state index contributed by atoms with van der Waals surface area (Å²) in [6.45, 7) is 4.44. The fourth-order valence-electron chi connectivity index (χ4n) is 1.93. The third-order valence-electron chi connectivity index (χ3n) is 2.92. The Balaban J connectivity index is 2.25. The minimum Gasteiger partial charge on any atom is -0.493 e. The van der Waals surface area contributed by atoms with Gasteiger partial charge in [0.05, 0.1) is 6.61 Å². The maximum Gasteiger partial charge on any atom is 0.342 e. The van der Waals surface area contributed by atoms with Crippen LogP contribution in [-0.4, -0.2) is 32.9 Å². The molecule has 0 saturated carbocycles. The van der Waals surface area contributed by atoms with Gasteiger partial charge in [-0.3, -0.25) is 5.10 Å². The highest BCUT2D eigenvalue weighted by atomic mass is 32.2. The molecule has 0 bridgehead atoms. The van der Waals surface area contributed by atoms with Gasteiger partial charge in [0.1, 0.15) is 16.5 Å². The molecule has 0 fully saturated rings. The van der Waals surface area contributed by atoms with E-state index in [1.54, 1.807) is 6.08 Å². The number of aromatic nitrogens is 3. The molecule has 1 aromatic heterocycles. The molecule has 6 nitrogen and oxygen atoms in total. The zero-order valence-electron chi connectivity index (χ0n) is 13.1. The largest absolute Gasteiger partial charge is 0.493 e. The van der Waals surface area contributed by atoms with Crippen molar-refractivity contribution in [1.82, 2.24) is 15.2 Å². The van der Waals surface area contributed by atoms with Crippen molar-refractivity contribution in [3.63, 3.8) is 0 Å².